The second-order valence-corrected chi connectivity index (χ2v) is 8.76. The molecule has 3 aromatic heterocycles. The third-order valence-corrected chi connectivity index (χ3v) is 6.16. The Morgan fingerprint density at radius 3 is 2.43 bits per heavy atom. The number of rotatable bonds is 4. The van der Waals surface area contributed by atoms with Gasteiger partial charge in [-0.2, -0.15) is 0 Å². The number of ether oxygens (including phenoxy) is 1. The molecule has 0 saturated carbocycles. The molecule has 3 aromatic rings. The van der Waals surface area contributed by atoms with E-state index in [1.54, 1.807) is 6.07 Å². The van der Waals surface area contributed by atoms with Crippen LogP contribution in [0.3, 0.4) is 0 Å². The van der Waals surface area contributed by atoms with Crippen molar-refractivity contribution in [2.45, 2.75) is 52.7 Å². The fraction of sp³-hybridized carbons (Fsp3) is 0.476. The number of aromatic nitrogens is 3. The molecule has 4 rings (SSSR count). The van der Waals surface area contributed by atoms with Crippen LogP contribution in [-0.2, 0) is 0 Å². The van der Waals surface area contributed by atoms with Crippen molar-refractivity contribution >= 4 is 21.7 Å². The maximum atomic E-state index is 14.6. The standard InChI is InChI=1S/C21H25FN4OS/c1-12-9-17(10-13(2)23-12)27-16-5-7-26(8-6-16)14(3)20-18(22)11-19-21(25-20)24-15(4)28-19/h9-11,14,16H,5-8H2,1-4H3/t14-/m0/s1. The average molecular weight is 401 g/mol. The predicted octanol–water partition coefficient (Wildman–Crippen LogP) is 4.76. The second-order valence-electron chi connectivity index (χ2n) is 7.52. The summed E-state index contributed by atoms with van der Waals surface area (Å²) in [7, 11) is 0. The summed E-state index contributed by atoms with van der Waals surface area (Å²) in [6.07, 6.45) is 1.99. The van der Waals surface area contributed by atoms with Gasteiger partial charge < -0.3 is 4.74 Å². The Bertz CT molecular complexity index is 977. The van der Waals surface area contributed by atoms with E-state index in [0.29, 0.717) is 11.3 Å². The van der Waals surface area contributed by atoms with Crippen LogP contribution in [0.15, 0.2) is 18.2 Å². The predicted molar refractivity (Wildman–Crippen MR) is 109 cm³/mol. The SMILES string of the molecule is Cc1cc(OC2CCN([C@@H](C)c3nc4nc(C)sc4cc3F)CC2)cc(C)n1. The van der Waals surface area contributed by atoms with E-state index in [2.05, 4.69) is 19.9 Å². The molecule has 7 heteroatoms. The fourth-order valence-corrected chi connectivity index (χ4v) is 4.66. The van der Waals surface area contributed by atoms with Gasteiger partial charge in [0, 0.05) is 36.6 Å². The van der Waals surface area contributed by atoms with Gasteiger partial charge in [0.2, 0.25) is 0 Å². The van der Waals surface area contributed by atoms with Gasteiger partial charge in [0.1, 0.15) is 17.7 Å². The number of halogens is 1. The molecular formula is C21H25FN4OS. The molecule has 1 aliphatic rings. The molecule has 0 unspecified atom stereocenters. The quantitative estimate of drug-likeness (QED) is 0.632. The first-order valence-electron chi connectivity index (χ1n) is 9.68. The Morgan fingerprint density at radius 1 is 1.07 bits per heavy atom. The Labute approximate surface area is 168 Å². The Balaban J connectivity index is 1.42. The van der Waals surface area contributed by atoms with Gasteiger partial charge >= 0.3 is 0 Å². The van der Waals surface area contributed by atoms with Gasteiger partial charge in [0.25, 0.3) is 0 Å². The highest BCUT2D eigenvalue weighted by Gasteiger charge is 2.27. The Kier molecular flexibility index (Phi) is 5.29. The zero-order valence-corrected chi connectivity index (χ0v) is 17.5. The van der Waals surface area contributed by atoms with Crippen molar-refractivity contribution < 1.29 is 9.13 Å². The molecule has 0 radical (unpaired) electrons. The van der Waals surface area contributed by atoms with Gasteiger partial charge in [0.15, 0.2) is 5.65 Å². The highest BCUT2D eigenvalue weighted by atomic mass is 32.1. The molecule has 148 valence electrons. The summed E-state index contributed by atoms with van der Waals surface area (Å²) >= 11 is 1.48. The maximum Gasteiger partial charge on any atom is 0.171 e. The van der Waals surface area contributed by atoms with Crippen LogP contribution >= 0.6 is 11.3 Å². The van der Waals surface area contributed by atoms with Crippen molar-refractivity contribution in [1.82, 2.24) is 19.9 Å². The number of piperidine rings is 1. The third-order valence-electron chi connectivity index (χ3n) is 5.25. The molecule has 0 amide bonds. The van der Waals surface area contributed by atoms with Gasteiger partial charge in [0.05, 0.1) is 21.4 Å². The number of thiazole rings is 1. The zero-order valence-electron chi connectivity index (χ0n) is 16.7. The van der Waals surface area contributed by atoms with Crippen molar-refractivity contribution in [1.29, 1.82) is 0 Å². The lowest BCUT2D eigenvalue weighted by Crippen LogP contribution is -2.40. The third kappa shape index (κ3) is 4.00. The molecule has 0 bridgehead atoms. The van der Waals surface area contributed by atoms with Crippen LogP contribution in [0.25, 0.3) is 10.3 Å². The maximum absolute atomic E-state index is 14.6. The summed E-state index contributed by atoms with van der Waals surface area (Å²) < 4.78 is 21.6. The van der Waals surface area contributed by atoms with Crippen molar-refractivity contribution in [2.75, 3.05) is 13.1 Å². The average Bonchev–Trinajstić information content (AvgIpc) is 2.99. The van der Waals surface area contributed by atoms with Gasteiger partial charge in [-0.05, 0) is 46.6 Å². The minimum Gasteiger partial charge on any atom is -0.490 e. The van der Waals surface area contributed by atoms with Crippen LogP contribution in [-0.4, -0.2) is 39.0 Å². The summed E-state index contributed by atoms with van der Waals surface area (Å²) in [6, 6.07) is 5.44. The van der Waals surface area contributed by atoms with E-state index >= 15 is 0 Å². The summed E-state index contributed by atoms with van der Waals surface area (Å²) in [6.45, 7) is 9.60. The van der Waals surface area contributed by atoms with Crippen LogP contribution in [0.1, 0.15) is 47.9 Å². The van der Waals surface area contributed by atoms with Crippen molar-refractivity contribution in [3.8, 4) is 5.75 Å². The lowest BCUT2D eigenvalue weighted by molar-refractivity contribution is 0.0776. The highest BCUT2D eigenvalue weighted by molar-refractivity contribution is 7.18. The monoisotopic (exact) mass is 400 g/mol. The van der Waals surface area contributed by atoms with Gasteiger partial charge in [-0.15, -0.1) is 11.3 Å². The lowest BCUT2D eigenvalue weighted by atomic mass is 10.0. The van der Waals surface area contributed by atoms with Crippen LogP contribution in [0.2, 0.25) is 0 Å². The van der Waals surface area contributed by atoms with Crippen LogP contribution in [0, 0.1) is 26.6 Å². The molecule has 5 nitrogen and oxygen atoms in total. The lowest BCUT2D eigenvalue weighted by Gasteiger charge is -2.35. The minimum absolute atomic E-state index is 0.0854. The number of likely N-dealkylation sites (tertiary alicyclic amines) is 1. The van der Waals surface area contributed by atoms with Gasteiger partial charge in [-0.25, -0.2) is 14.4 Å². The minimum atomic E-state index is -0.246. The molecule has 0 aliphatic carbocycles. The molecule has 0 spiro atoms. The van der Waals surface area contributed by atoms with E-state index in [0.717, 1.165) is 52.8 Å². The highest BCUT2D eigenvalue weighted by Crippen LogP contribution is 2.30. The molecule has 28 heavy (non-hydrogen) atoms. The molecule has 0 aromatic carbocycles. The normalized spacial score (nSPS) is 17.2. The van der Waals surface area contributed by atoms with E-state index in [-0.39, 0.29) is 18.0 Å². The summed E-state index contributed by atoms with van der Waals surface area (Å²) in [4.78, 5) is 15.6. The molecule has 1 saturated heterocycles. The number of hydrogen-bond donors (Lipinski definition) is 0. The fourth-order valence-electron chi connectivity index (χ4n) is 3.87. The molecule has 1 aliphatic heterocycles. The van der Waals surface area contributed by atoms with Crippen LogP contribution < -0.4 is 4.74 Å². The largest absolute Gasteiger partial charge is 0.490 e. The first kappa shape index (κ1) is 19.2. The number of fused-ring (bicyclic) bond motifs is 1. The van der Waals surface area contributed by atoms with Gasteiger partial charge in [-0.1, -0.05) is 0 Å². The topological polar surface area (TPSA) is 51.1 Å². The summed E-state index contributed by atoms with van der Waals surface area (Å²) in [5, 5.41) is 0.909. The molecule has 1 atom stereocenters. The van der Waals surface area contributed by atoms with Crippen LogP contribution in [0.5, 0.6) is 5.75 Å². The van der Waals surface area contributed by atoms with E-state index in [1.165, 1.54) is 11.3 Å². The van der Waals surface area contributed by atoms with Crippen molar-refractivity contribution in [2.24, 2.45) is 0 Å². The number of aryl methyl sites for hydroxylation is 3. The second kappa shape index (κ2) is 7.72. The Morgan fingerprint density at radius 2 is 1.75 bits per heavy atom. The number of hydrogen-bond acceptors (Lipinski definition) is 6. The van der Waals surface area contributed by atoms with E-state index in [9.17, 15) is 4.39 Å². The molecule has 1 fully saturated rings. The number of nitrogens with zero attached hydrogens (tertiary/aromatic N) is 4. The van der Waals surface area contributed by atoms with Crippen molar-refractivity contribution in [3.05, 3.63) is 46.1 Å². The molecule has 4 heterocycles. The Hall–Kier alpha value is -2.12. The van der Waals surface area contributed by atoms with E-state index < -0.39 is 0 Å². The summed E-state index contributed by atoms with van der Waals surface area (Å²) in [5.74, 6) is 0.637. The summed E-state index contributed by atoms with van der Waals surface area (Å²) in [5.41, 5.74) is 3.07. The first-order valence-corrected chi connectivity index (χ1v) is 10.5. The zero-order chi connectivity index (χ0) is 19.8. The molecule has 0 N–H and O–H groups in total. The van der Waals surface area contributed by atoms with Crippen molar-refractivity contribution in [3.63, 3.8) is 0 Å². The number of pyridine rings is 2. The van der Waals surface area contributed by atoms with E-state index in [1.807, 2.05) is 39.8 Å². The first-order chi connectivity index (χ1) is 13.4. The smallest absolute Gasteiger partial charge is 0.171 e. The van der Waals surface area contributed by atoms with E-state index in [4.69, 9.17) is 4.74 Å². The van der Waals surface area contributed by atoms with Gasteiger partial charge in [-0.3, -0.25) is 9.88 Å². The van der Waals surface area contributed by atoms with Crippen LogP contribution in [0.4, 0.5) is 4.39 Å². The molecular weight excluding hydrogens is 375 g/mol.